The second-order valence-corrected chi connectivity index (χ2v) is 4.07. The monoisotopic (exact) mass is 336 g/mol. The van der Waals surface area contributed by atoms with Crippen LogP contribution in [0.25, 0.3) is 0 Å². The fraction of sp³-hybridized carbons (Fsp3) is 0.273. The van der Waals surface area contributed by atoms with Crippen LogP contribution in [0.4, 0.5) is 13.6 Å². The first kappa shape index (κ1) is 15.4. The smallest absolute Gasteiger partial charge is 0.427 e. The van der Waals surface area contributed by atoms with Crippen LogP contribution in [0.5, 0.6) is 5.75 Å². The summed E-state index contributed by atoms with van der Waals surface area (Å²) in [6.07, 6.45) is 0.449. The molecule has 0 aromatic heterocycles. The number of halogens is 3. The van der Waals surface area contributed by atoms with Crippen LogP contribution in [0.15, 0.2) is 27.8 Å². The quantitative estimate of drug-likeness (QED) is 0.663. The first-order valence-electron chi connectivity index (χ1n) is 5.23. The Bertz CT molecular complexity index is 469. The topological polar surface area (TPSA) is 59.9 Å². The van der Waals surface area contributed by atoms with Gasteiger partial charge in [0.1, 0.15) is 5.75 Å². The minimum atomic E-state index is -2.94. The van der Waals surface area contributed by atoms with Gasteiger partial charge in [-0.05, 0) is 25.1 Å². The first-order chi connectivity index (χ1) is 9.02. The molecule has 0 heterocycles. The fourth-order valence-electron chi connectivity index (χ4n) is 1.14. The molecule has 0 radical (unpaired) electrons. The number of carbonyl (C=O) groups is 1. The number of rotatable bonds is 5. The zero-order valence-corrected chi connectivity index (χ0v) is 11.5. The van der Waals surface area contributed by atoms with E-state index in [2.05, 4.69) is 35.9 Å². The summed E-state index contributed by atoms with van der Waals surface area (Å²) in [5.74, 6) is -0.0485. The van der Waals surface area contributed by atoms with E-state index in [4.69, 9.17) is 0 Å². The SMILES string of the molecule is CCOC(=O)N/N=C\c1cc(Br)ccc1OC(F)F. The van der Waals surface area contributed by atoms with E-state index in [9.17, 15) is 13.6 Å². The van der Waals surface area contributed by atoms with E-state index < -0.39 is 12.7 Å². The van der Waals surface area contributed by atoms with Crippen LogP contribution in [0.1, 0.15) is 12.5 Å². The van der Waals surface area contributed by atoms with Crippen LogP contribution in [0.3, 0.4) is 0 Å². The average Bonchev–Trinajstić information content (AvgIpc) is 2.32. The van der Waals surface area contributed by atoms with Crippen molar-refractivity contribution in [3.63, 3.8) is 0 Å². The molecule has 0 aliphatic rings. The fourth-order valence-corrected chi connectivity index (χ4v) is 1.52. The van der Waals surface area contributed by atoms with Crippen molar-refractivity contribution < 1.29 is 23.0 Å². The number of hydrogen-bond donors (Lipinski definition) is 1. The highest BCUT2D eigenvalue weighted by Crippen LogP contribution is 2.23. The van der Waals surface area contributed by atoms with E-state index >= 15 is 0 Å². The van der Waals surface area contributed by atoms with Crippen LogP contribution < -0.4 is 10.2 Å². The summed E-state index contributed by atoms with van der Waals surface area (Å²) < 4.78 is 33.9. The highest BCUT2D eigenvalue weighted by atomic mass is 79.9. The predicted octanol–water partition coefficient (Wildman–Crippen LogP) is 3.13. The molecule has 104 valence electrons. The van der Waals surface area contributed by atoms with Gasteiger partial charge < -0.3 is 9.47 Å². The van der Waals surface area contributed by atoms with E-state index in [0.717, 1.165) is 0 Å². The van der Waals surface area contributed by atoms with E-state index in [1.54, 1.807) is 13.0 Å². The third-order valence-corrected chi connectivity index (χ3v) is 2.32. The minimum absolute atomic E-state index is 0.0485. The third-order valence-electron chi connectivity index (χ3n) is 1.82. The van der Waals surface area contributed by atoms with Crippen molar-refractivity contribution in [3.8, 4) is 5.75 Å². The first-order valence-corrected chi connectivity index (χ1v) is 6.02. The van der Waals surface area contributed by atoms with Crippen LogP contribution in [0.2, 0.25) is 0 Å². The number of nitrogens with zero attached hydrogens (tertiary/aromatic N) is 1. The van der Waals surface area contributed by atoms with E-state index in [1.807, 2.05) is 0 Å². The molecular weight excluding hydrogens is 326 g/mol. The van der Waals surface area contributed by atoms with E-state index in [-0.39, 0.29) is 17.9 Å². The Kier molecular flexibility index (Phi) is 6.20. The lowest BCUT2D eigenvalue weighted by Gasteiger charge is -2.07. The number of amides is 1. The molecule has 1 aromatic rings. The standard InChI is InChI=1S/C11H11BrF2N2O3/c1-2-18-11(17)16-15-6-7-5-8(12)3-4-9(7)19-10(13)14/h3-6,10H,2H2,1H3,(H,16,17)/b15-6-. The van der Waals surface area contributed by atoms with Gasteiger partial charge in [-0.3, -0.25) is 0 Å². The predicted molar refractivity (Wildman–Crippen MR) is 68.5 cm³/mol. The number of hydrazone groups is 1. The maximum Gasteiger partial charge on any atom is 0.427 e. The molecule has 1 aromatic carbocycles. The number of alkyl halides is 2. The van der Waals surface area contributed by atoms with Gasteiger partial charge in [0.15, 0.2) is 0 Å². The maximum atomic E-state index is 12.2. The lowest BCUT2D eigenvalue weighted by Crippen LogP contribution is -2.18. The molecular formula is C11H11BrF2N2O3. The van der Waals surface area contributed by atoms with Gasteiger partial charge in [0.25, 0.3) is 0 Å². The summed E-state index contributed by atoms with van der Waals surface area (Å²) in [6.45, 7) is -1.09. The molecule has 8 heteroatoms. The van der Waals surface area contributed by atoms with Gasteiger partial charge in [-0.15, -0.1) is 0 Å². The average molecular weight is 337 g/mol. The second kappa shape index (κ2) is 7.67. The van der Waals surface area contributed by atoms with Crippen molar-refractivity contribution in [2.24, 2.45) is 5.10 Å². The van der Waals surface area contributed by atoms with Gasteiger partial charge in [-0.2, -0.15) is 13.9 Å². The minimum Gasteiger partial charge on any atom is -0.449 e. The van der Waals surface area contributed by atoms with Crippen LogP contribution in [0, 0.1) is 0 Å². The molecule has 0 bridgehead atoms. The molecule has 5 nitrogen and oxygen atoms in total. The van der Waals surface area contributed by atoms with Gasteiger partial charge in [-0.1, -0.05) is 15.9 Å². The largest absolute Gasteiger partial charge is 0.449 e. The molecule has 1 amide bonds. The number of hydrogen-bond acceptors (Lipinski definition) is 4. The second-order valence-electron chi connectivity index (χ2n) is 3.15. The molecule has 0 aliphatic heterocycles. The lowest BCUT2D eigenvalue weighted by molar-refractivity contribution is -0.0499. The van der Waals surface area contributed by atoms with Gasteiger partial charge in [-0.25, -0.2) is 10.2 Å². The molecule has 19 heavy (non-hydrogen) atoms. The summed E-state index contributed by atoms with van der Waals surface area (Å²) >= 11 is 3.19. The third kappa shape index (κ3) is 5.64. The zero-order chi connectivity index (χ0) is 14.3. The van der Waals surface area contributed by atoms with Crippen LogP contribution in [-0.4, -0.2) is 25.5 Å². The van der Waals surface area contributed by atoms with Crippen molar-refractivity contribution in [1.82, 2.24) is 5.43 Å². The Morgan fingerprint density at radius 3 is 2.95 bits per heavy atom. The van der Waals surface area contributed by atoms with Crippen molar-refractivity contribution >= 4 is 28.2 Å². The maximum absolute atomic E-state index is 12.2. The normalized spacial score (nSPS) is 10.8. The Morgan fingerprint density at radius 1 is 1.58 bits per heavy atom. The number of ether oxygens (including phenoxy) is 2. The van der Waals surface area contributed by atoms with Gasteiger partial charge in [0.05, 0.1) is 12.8 Å². The molecule has 0 fully saturated rings. The Morgan fingerprint density at radius 2 is 2.32 bits per heavy atom. The van der Waals surface area contributed by atoms with Crippen LogP contribution >= 0.6 is 15.9 Å². The highest BCUT2D eigenvalue weighted by molar-refractivity contribution is 9.10. The molecule has 0 unspecified atom stereocenters. The van der Waals surface area contributed by atoms with E-state index in [0.29, 0.717) is 4.47 Å². The molecule has 0 spiro atoms. The number of nitrogens with one attached hydrogen (secondary N) is 1. The highest BCUT2D eigenvalue weighted by Gasteiger charge is 2.09. The van der Waals surface area contributed by atoms with Gasteiger partial charge in [0.2, 0.25) is 0 Å². The molecule has 0 saturated heterocycles. The van der Waals surface area contributed by atoms with Gasteiger partial charge >= 0.3 is 12.7 Å². The Hall–Kier alpha value is -1.70. The number of carbonyl (C=O) groups excluding carboxylic acids is 1. The molecule has 0 aliphatic carbocycles. The van der Waals surface area contributed by atoms with Crippen molar-refractivity contribution in [1.29, 1.82) is 0 Å². The van der Waals surface area contributed by atoms with Crippen molar-refractivity contribution in [3.05, 3.63) is 28.2 Å². The Balaban J connectivity index is 2.77. The van der Waals surface area contributed by atoms with Crippen LogP contribution in [-0.2, 0) is 4.74 Å². The molecule has 1 N–H and O–H groups in total. The van der Waals surface area contributed by atoms with Crippen molar-refractivity contribution in [2.75, 3.05) is 6.61 Å². The number of benzene rings is 1. The molecule has 0 atom stereocenters. The van der Waals surface area contributed by atoms with Gasteiger partial charge in [0, 0.05) is 10.0 Å². The summed E-state index contributed by atoms with van der Waals surface area (Å²) in [7, 11) is 0. The lowest BCUT2D eigenvalue weighted by atomic mass is 10.2. The summed E-state index contributed by atoms with van der Waals surface area (Å²) in [4.78, 5) is 11.0. The zero-order valence-electron chi connectivity index (χ0n) is 9.90. The molecule has 1 rings (SSSR count). The Labute approximate surface area is 116 Å². The summed E-state index contributed by atoms with van der Waals surface area (Å²) in [5, 5.41) is 3.57. The summed E-state index contributed by atoms with van der Waals surface area (Å²) in [6, 6.07) is 4.43. The summed E-state index contributed by atoms with van der Waals surface area (Å²) in [5.41, 5.74) is 2.37. The van der Waals surface area contributed by atoms with E-state index in [1.165, 1.54) is 18.3 Å². The molecule has 0 saturated carbocycles. The van der Waals surface area contributed by atoms with Crippen molar-refractivity contribution in [2.45, 2.75) is 13.5 Å².